The summed E-state index contributed by atoms with van der Waals surface area (Å²) in [6.07, 6.45) is 1.09. The molecule has 15 heavy (non-hydrogen) atoms. The van der Waals surface area contributed by atoms with E-state index in [1.807, 2.05) is 19.1 Å². The van der Waals surface area contributed by atoms with Gasteiger partial charge >= 0.3 is 0 Å². The molecule has 1 aromatic carbocycles. The summed E-state index contributed by atoms with van der Waals surface area (Å²) in [6.45, 7) is 6.31. The average molecular weight is 203 g/mol. The lowest BCUT2D eigenvalue weighted by Crippen LogP contribution is -1.95. The van der Waals surface area contributed by atoms with Crippen molar-refractivity contribution < 1.29 is 0 Å². The Bertz CT molecular complexity index is 348. The first-order chi connectivity index (χ1) is 7.13. The Labute approximate surface area is 90.8 Å². The van der Waals surface area contributed by atoms with Crippen LogP contribution < -0.4 is 0 Å². The molecule has 3 heteroatoms. The second kappa shape index (κ2) is 5.42. The van der Waals surface area contributed by atoms with Gasteiger partial charge in [0.15, 0.2) is 0 Å². The van der Waals surface area contributed by atoms with Gasteiger partial charge in [0.25, 0.3) is 0 Å². The van der Waals surface area contributed by atoms with Crippen LogP contribution in [0, 0.1) is 5.92 Å². The molecule has 0 N–H and O–H groups in total. The molecule has 80 valence electrons. The Kier molecular flexibility index (Phi) is 4.19. The minimum atomic E-state index is -0.0805. The summed E-state index contributed by atoms with van der Waals surface area (Å²) in [5.74, 6) is 0.672. The summed E-state index contributed by atoms with van der Waals surface area (Å²) >= 11 is 0. The minimum absolute atomic E-state index is 0.0805. The highest BCUT2D eigenvalue weighted by molar-refractivity contribution is 5.25. The Morgan fingerprint density at radius 1 is 1.20 bits per heavy atom. The minimum Gasteiger partial charge on any atom is -0.0862 e. The van der Waals surface area contributed by atoms with Crippen LogP contribution in [0.4, 0.5) is 0 Å². The van der Waals surface area contributed by atoms with Crippen LogP contribution in [0.5, 0.6) is 0 Å². The lowest BCUT2D eigenvalue weighted by Gasteiger charge is -2.08. The number of azide groups is 1. The van der Waals surface area contributed by atoms with Gasteiger partial charge in [-0.1, -0.05) is 50.2 Å². The van der Waals surface area contributed by atoms with E-state index in [0.717, 1.165) is 12.0 Å². The van der Waals surface area contributed by atoms with Crippen molar-refractivity contribution in [1.29, 1.82) is 0 Å². The van der Waals surface area contributed by atoms with Gasteiger partial charge < -0.3 is 0 Å². The predicted octanol–water partition coefficient (Wildman–Crippen LogP) is 4.26. The molecule has 1 rings (SSSR count). The highest BCUT2D eigenvalue weighted by Gasteiger charge is 2.03. The molecule has 0 heterocycles. The molecule has 0 unspecified atom stereocenters. The van der Waals surface area contributed by atoms with Crippen molar-refractivity contribution in [3.63, 3.8) is 0 Å². The third-order valence-electron chi connectivity index (χ3n) is 2.33. The molecule has 0 saturated carbocycles. The molecular weight excluding hydrogens is 186 g/mol. The molecule has 1 atom stereocenters. The van der Waals surface area contributed by atoms with Gasteiger partial charge in [-0.25, -0.2) is 0 Å². The van der Waals surface area contributed by atoms with Crippen LogP contribution in [0.2, 0.25) is 0 Å². The van der Waals surface area contributed by atoms with E-state index < -0.39 is 0 Å². The van der Waals surface area contributed by atoms with Gasteiger partial charge in [0, 0.05) is 4.91 Å². The van der Waals surface area contributed by atoms with Crippen LogP contribution in [0.15, 0.2) is 29.4 Å². The Morgan fingerprint density at radius 3 is 2.27 bits per heavy atom. The van der Waals surface area contributed by atoms with Crippen LogP contribution in [0.1, 0.15) is 37.9 Å². The predicted molar refractivity (Wildman–Crippen MR) is 62.5 cm³/mol. The smallest absolute Gasteiger partial charge is 0.0597 e. The number of hydrogen-bond donors (Lipinski definition) is 0. The van der Waals surface area contributed by atoms with Crippen LogP contribution in [-0.2, 0) is 6.42 Å². The maximum atomic E-state index is 8.33. The van der Waals surface area contributed by atoms with Gasteiger partial charge in [0.1, 0.15) is 0 Å². The first-order valence-electron chi connectivity index (χ1n) is 5.26. The summed E-state index contributed by atoms with van der Waals surface area (Å²) in [4.78, 5) is 2.81. The molecule has 0 bridgehead atoms. The molecule has 0 aromatic heterocycles. The van der Waals surface area contributed by atoms with Gasteiger partial charge in [-0.15, -0.1) is 0 Å². The second-order valence-corrected chi connectivity index (χ2v) is 4.22. The number of rotatable bonds is 4. The molecular formula is C12H17N3. The van der Waals surface area contributed by atoms with Crippen LogP contribution >= 0.6 is 0 Å². The molecule has 1 aromatic rings. The molecule has 0 fully saturated rings. The standard InChI is InChI=1S/C12H17N3/c1-9(2)8-11-4-6-12(7-5-11)10(3)14-15-13/h4-7,9-10H,8H2,1-3H3/t10-/m1/s1. The van der Waals surface area contributed by atoms with Crippen molar-refractivity contribution in [2.75, 3.05) is 0 Å². The molecule has 3 nitrogen and oxygen atoms in total. The maximum Gasteiger partial charge on any atom is 0.0597 e. The van der Waals surface area contributed by atoms with Gasteiger partial charge in [-0.2, -0.15) is 0 Å². The molecule has 0 saturated heterocycles. The van der Waals surface area contributed by atoms with Crippen molar-refractivity contribution >= 4 is 0 Å². The van der Waals surface area contributed by atoms with Gasteiger partial charge in [0.05, 0.1) is 6.04 Å². The van der Waals surface area contributed by atoms with E-state index in [2.05, 4.69) is 36.0 Å². The number of benzene rings is 1. The van der Waals surface area contributed by atoms with E-state index in [1.54, 1.807) is 0 Å². The van der Waals surface area contributed by atoms with E-state index in [1.165, 1.54) is 5.56 Å². The first kappa shape index (κ1) is 11.6. The largest absolute Gasteiger partial charge is 0.0862 e. The second-order valence-electron chi connectivity index (χ2n) is 4.22. The summed E-state index contributed by atoms with van der Waals surface area (Å²) in [5.41, 5.74) is 10.7. The zero-order valence-corrected chi connectivity index (χ0v) is 9.51. The highest BCUT2D eigenvalue weighted by Crippen LogP contribution is 2.18. The first-order valence-corrected chi connectivity index (χ1v) is 5.26. The molecule has 0 radical (unpaired) electrons. The fraction of sp³-hybridized carbons (Fsp3) is 0.500. The monoisotopic (exact) mass is 203 g/mol. The van der Waals surface area contributed by atoms with E-state index in [0.29, 0.717) is 5.92 Å². The van der Waals surface area contributed by atoms with Crippen molar-refractivity contribution in [3.05, 3.63) is 45.8 Å². The quantitative estimate of drug-likeness (QED) is 0.399. The zero-order valence-electron chi connectivity index (χ0n) is 9.51. The lowest BCUT2D eigenvalue weighted by atomic mass is 10.0. The summed E-state index contributed by atoms with van der Waals surface area (Å²) in [7, 11) is 0. The highest BCUT2D eigenvalue weighted by atomic mass is 15.1. The molecule has 0 spiro atoms. The maximum absolute atomic E-state index is 8.33. The van der Waals surface area contributed by atoms with E-state index in [-0.39, 0.29) is 6.04 Å². The molecule has 0 amide bonds. The third kappa shape index (κ3) is 3.64. The van der Waals surface area contributed by atoms with Crippen LogP contribution in [-0.4, -0.2) is 0 Å². The van der Waals surface area contributed by atoms with E-state index >= 15 is 0 Å². The van der Waals surface area contributed by atoms with Gasteiger partial charge in [0.2, 0.25) is 0 Å². The van der Waals surface area contributed by atoms with Crippen molar-refractivity contribution in [1.82, 2.24) is 0 Å². The molecule has 0 aliphatic carbocycles. The van der Waals surface area contributed by atoms with Crippen molar-refractivity contribution in [3.8, 4) is 0 Å². The SMILES string of the molecule is CC(C)Cc1ccc([C@@H](C)N=[N+]=[N-])cc1. The van der Waals surface area contributed by atoms with E-state index in [9.17, 15) is 0 Å². The normalized spacial score (nSPS) is 12.3. The lowest BCUT2D eigenvalue weighted by molar-refractivity contribution is 0.647. The van der Waals surface area contributed by atoms with E-state index in [4.69, 9.17) is 5.53 Å². The Balaban J connectivity index is 2.75. The summed E-state index contributed by atoms with van der Waals surface area (Å²) < 4.78 is 0. The number of nitrogens with zero attached hydrogens (tertiary/aromatic N) is 3. The Morgan fingerprint density at radius 2 is 1.80 bits per heavy atom. The third-order valence-corrected chi connectivity index (χ3v) is 2.33. The van der Waals surface area contributed by atoms with Gasteiger partial charge in [-0.05, 0) is 29.0 Å². The van der Waals surface area contributed by atoms with Crippen molar-refractivity contribution in [2.45, 2.75) is 33.2 Å². The average Bonchev–Trinajstić information content (AvgIpc) is 2.18. The van der Waals surface area contributed by atoms with Crippen LogP contribution in [0.3, 0.4) is 0 Å². The summed E-state index contributed by atoms with van der Waals surface area (Å²) in [5, 5.41) is 3.67. The Hall–Kier alpha value is -1.47. The summed E-state index contributed by atoms with van der Waals surface area (Å²) in [6, 6.07) is 8.22. The van der Waals surface area contributed by atoms with Crippen molar-refractivity contribution in [2.24, 2.45) is 11.0 Å². The molecule has 0 aliphatic rings. The fourth-order valence-corrected chi connectivity index (χ4v) is 1.55. The zero-order chi connectivity index (χ0) is 11.3. The van der Waals surface area contributed by atoms with Crippen LogP contribution in [0.25, 0.3) is 10.4 Å². The topological polar surface area (TPSA) is 48.8 Å². The number of hydrogen-bond acceptors (Lipinski definition) is 1. The van der Waals surface area contributed by atoms with Gasteiger partial charge in [-0.3, -0.25) is 0 Å². The molecule has 0 aliphatic heterocycles. The fourth-order valence-electron chi connectivity index (χ4n) is 1.55.